The van der Waals surface area contributed by atoms with Gasteiger partial charge in [-0.3, -0.25) is 9.59 Å². The predicted molar refractivity (Wildman–Crippen MR) is 132 cm³/mol. The Morgan fingerprint density at radius 3 is 2.28 bits per heavy atom. The van der Waals surface area contributed by atoms with Crippen LogP contribution in [0.2, 0.25) is 0 Å². The lowest BCUT2D eigenvalue weighted by Crippen LogP contribution is -2.50. The van der Waals surface area contributed by atoms with Crippen molar-refractivity contribution in [2.45, 2.75) is 97.7 Å². The van der Waals surface area contributed by atoms with Gasteiger partial charge in [0.2, 0.25) is 0 Å². The number of hydrogen-bond acceptors (Lipinski definition) is 8. The van der Waals surface area contributed by atoms with Crippen LogP contribution < -0.4 is 5.32 Å². The number of amides is 1. The summed E-state index contributed by atoms with van der Waals surface area (Å²) in [5, 5.41) is 2.45. The molecule has 1 heterocycles. The maximum atomic E-state index is 13.2. The molecule has 1 aromatic carbocycles. The van der Waals surface area contributed by atoms with Gasteiger partial charge in [-0.25, -0.2) is 9.59 Å². The first kappa shape index (κ1) is 29.1. The topological polar surface area (TPSA) is 117 Å². The van der Waals surface area contributed by atoms with Crippen molar-refractivity contribution in [2.75, 3.05) is 0 Å². The third-order valence-electron chi connectivity index (χ3n) is 6.07. The average molecular weight is 506 g/mol. The highest BCUT2D eigenvalue weighted by Gasteiger charge is 2.44. The number of nitrogens with one attached hydrogen (secondary N) is 1. The Kier molecular flexibility index (Phi) is 11.7. The standard InChI is InChI=1S/C27H39NO8/c1-6-7-8-12-15-21-23(36-24(29)17(2)3)19(5)35-26(31)22(18(4)34-25(21)30)28-27(32)33-16-20-13-10-9-11-14-20/h9-11,13-14,17-19,21-23H,6-8,12,15-16H2,1-5H3,(H,28,32)/t18-,19+,21-,22+,23+/m1/s1. The van der Waals surface area contributed by atoms with Crippen molar-refractivity contribution in [1.82, 2.24) is 5.32 Å². The number of carbonyl (C=O) groups is 4. The second-order valence-electron chi connectivity index (χ2n) is 9.48. The summed E-state index contributed by atoms with van der Waals surface area (Å²) in [4.78, 5) is 51.1. The Morgan fingerprint density at radius 1 is 0.972 bits per heavy atom. The van der Waals surface area contributed by atoms with E-state index < -0.39 is 60.2 Å². The van der Waals surface area contributed by atoms with Crippen LogP contribution in [0.15, 0.2) is 30.3 Å². The van der Waals surface area contributed by atoms with Gasteiger partial charge in [0.25, 0.3) is 0 Å². The van der Waals surface area contributed by atoms with Crippen LogP contribution in [0.3, 0.4) is 0 Å². The Morgan fingerprint density at radius 2 is 1.64 bits per heavy atom. The van der Waals surface area contributed by atoms with Crippen LogP contribution in [0.4, 0.5) is 4.79 Å². The van der Waals surface area contributed by atoms with E-state index in [9.17, 15) is 19.2 Å². The van der Waals surface area contributed by atoms with Crippen LogP contribution in [-0.2, 0) is 39.9 Å². The summed E-state index contributed by atoms with van der Waals surface area (Å²) in [6.07, 6.45) is 0.274. The van der Waals surface area contributed by atoms with E-state index in [0.29, 0.717) is 6.42 Å². The van der Waals surface area contributed by atoms with Gasteiger partial charge in [-0.2, -0.15) is 0 Å². The third-order valence-corrected chi connectivity index (χ3v) is 6.07. The van der Waals surface area contributed by atoms with E-state index in [1.54, 1.807) is 32.9 Å². The maximum absolute atomic E-state index is 13.2. The van der Waals surface area contributed by atoms with Crippen molar-refractivity contribution < 1.29 is 38.1 Å². The van der Waals surface area contributed by atoms with Crippen molar-refractivity contribution in [3.63, 3.8) is 0 Å². The SMILES string of the molecule is CCCCCC[C@H]1C(=O)O[C@H](C)[C@H](NC(=O)OCc2ccccc2)C(=O)O[C@@H](C)[C@@H]1OC(=O)C(C)C. The van der Waals surface area contributed by atoms with Crippen molar-refractivity contribution in [3.05, 3.63) is 35.9 Å². The summed E-state index contributed by atoms with van der Waals surface area (Å²) in [6, 6.07) is 7.78. The van der Waals surface area contributed by atoms with Crippen molar-refractivity contribution in [1.29, 1.82) is 0 Å². The van der Waals surface area contributed by atoms with Crippen molar-refractivity contribution in [3.8, 4) is 0 Å². The minimum atomic E-state index is -1.29. The highest BCUT2D eigenvalue weighted by atomic mass is 16.6. The number of unbranched alkanes of at least 4 members (excludes halogenated alkanes) is 3. The number of hydrogen-bond donors (Lipinski definition) is 1. The predicted octanol–water partition coefficient (Wildman–Crippen LogP) is 4.31. The molecular weight excluding hydrogens is 466 g/mol. The molecule has 0 aromatic heterocycles. The lowest BCUT2D eigenvalue weighted by molar-refractivity contribution is -0.177. The molecule has 36 heavy (non-hydrogen) atoms. The molecule has 9 heteroatoms. The van der Waals surface area contributed by atoms with Gasteiger partial charge in [0.05, 0.1) is 11.8 Å². The van der Waals surface area contributed by atoms with Gasteiger partial charge in [-0.1, -0.05) is 76.8 Å². The summed E-state index contributed by atoms with van der Waals surface area (Å²) in [6.45, 7) is 8.54. The Hall–Kier alpha value is -3.10. The fraction of sp³-hybridized carbons (Fsp3) is 0.630. The number of benzene rings is 1. The first-order valence-electron chi connectivity index (χ1n) is 12.7. The number of carbonyl (C=O) groups excluding carboxylic acids is 4. The fourth-order valence-corrected chi connectivity index (χ4v) is 3.90. The summed E-state index contributed by atoms with van der Waals surface area (Å²) >= 11 is 0. The molecule has 9 nitrogen and oxygen atoms in total. The molecule has 1 aliphatic heterocycles. The number of ether oxygens (including phenoxy) is 4. The van der Waals surface area contributed by atoms with E-state index in [1.165, 1.54) is 6.92 Å². The Balaban J connectivity index is 2.18. The lowest BCUT2D eigenvalue weighted by atomic mass is 9.92. The highest BCUT2D eigenvalue weighted by Crippen LogP contribution is 2.27. The molecule has 0 saturated carbocycles. The first-order chi connectivity index (χ1) is 17.1. The molecule has 1 fully saturated rings. The first-order valence-corrected chi connectivity index (χ1v) is 12.7. The van der Waals surface area contributed by atoms with Gasteiger partial charge >= 0.3 is 24.0 Å². The molecule has 0 spiro atoms. The molecule has 0 radical (unpaired) electrons. The van der Waals surface area contributed by atoms with Crippen LogP contribution in [-0.4, -0.2) is 48.4 Å². The summed E-state index contributed by atoms with van der Waals surface area (Å²) in [5.74, 6) is -3.14. The van der Waals surface area contributed by atoms with Gasteiger partial charge < -0.3 is 24.3 Å². The zero-order valence-electron chi connectivity index (χ0n) is 21.9. The van der Waals surface area contributed by atoms with Crippen LogP contribution in [0.25, 0.3) is 0 Å². The van der Waals surface area contributed by atoms with Gasteiger partial charge in [0, 0.05) is 0 Å². The molecular formula is C27H39NO8. The summed E-state index contributed by atoms with van der Waals surface area (Å²) < 4.78 is 22.1. The van der Waals surface area contributed by atoms with Crippen LogP contribution in [0, 0.1) is 11.8 Å². The Labute approximate surface area is 213 Å². The lowest BCUT2D eigenvalue weighted by Gasteiger charge is -2.29. The second kappa shape index (κ2) is 14.5. The molecule has 1 aliphatic rings. The maximum Gasteiger partial charge on any atom is 0.408 e. The van der Waals surface area contributed by atoms with Gasteiger partial charge in [-0.15, -0.1) is 0 Å². The van der Waals surface area contributed by atoms with Crippen LogP contribution in [0.1, 0.15) is 72.3 Å². The number of alkyl carbamates (subject to hydrolysis) is 1. The molecule has 1 saturated heterocycles. The average Bonchev–Trinajstić information content (AvgIpc) is 2.87. The molecule has 0 unspecified atom stereocenters. The normalized spacial score (nSPS) is 24.6. The minimum absolute atomic E-state index is 0.00603. The number of cyclic esters (lactones) is 2. The van der Waals surface area contributed by atoms with Crippen LogP contribution in [0.5, 0.6) is 0 Å². The van der Waals surface area contributed by atoms with Gasteiger partial charge in [0.1, 0.15) is 18.8 Å². The monoisotopic (exact) mass is 505 g/mol. The molecule has 1 N–H and O–H groups in total. The van der Waals surface area contributed by atoms with Crippen LogP contribution >= 0.6 is 0 Å². The minimum Gasteiger partial charge on any atom is -0.460 e. The smallest absolute Gasteiger partial charge is 0.408 e. The van der Waals surface area contributed by atoms with E-state index >= 15 is 0 Å². The molecule has 0 aliphatic carbocycles. The highest BCUT2D eigenvalue weighted by molar-refractivity contribution is 5.83. The van der Waals surface area contributed by atoms with E-state index in [-0.39, 0.29) is 6.61 Å². The van der Waals surface area contributed by atoms with E-state index in [4.69, 9.17) is 18.9 Å². The zero-order valence-corrected chi connectivity index (χ0v) is 21.9. The van der Waals surface area contributed by atoms with E-state index in [2.05, 4.69) is 12.2 Å². The van der Waals surface area contributed by atoms with E-state index in [1.807, 2.05) is 18.2 Å². The molecule has 0 bridgehead atoms. The van der Waals surface area contributed by atoms with Crippen molar-refractivity contribution >= 4 is 24.0 Å². The van der Waals surface area contributed by atoms with E-state index in [0.717, 1.165) is 31.2 Å². The molecule has 1 aromatic rings. The number of esters is 3. The van der Waals surface area contributed by atoms with Gasteiger partial charge in [-0.05, 0) is 25.8 Å². The molecule has 5 atom stereocenters. The Bertz CT molecular complexity index is 872. The zero-order chi connectivity index (χ0) is 26.7. The fourth-order valence-electron chi connectivity index (χ4n) is 3.90. The molecule has 1 amide bonds. The van der Waals surface area contributed by atoms with Gasteiger partial charge in [0.15, 0.2) is 12.1 Å². The third kappa shape index (κ3) is 8.84. The summed E-state index contributed by atoms with van der Waals surface area (Å²) in [7, 11) is 0. The number of rotatable bonds is 10. The largest absolute Gasteiger partial charge is 0.460 e. The molecule has 200 valence electrons. The van der Waals surface area contributed by atoms with Crippen molar-refractivity contribution in [2.24, 2.45) is 11.8 Å². The summed E-state index contributed by atoms with van der Waals surface area (Å²) in [5.41, 5.74) is 0.776. The molecule has 2 rings (SSSR count). The quantitative estimate of drug-likeness (QED) is 0.284. The second-order valence-corrected chi connectivity index (χ2v) is 9.48.